The molecule has 0 atom stereocenters. The second kappa shape index (κ2) is 4.09. The van der Waals surface area contributed by atoms with Gasteiger partial charge in [0.25, 0.3) is 0 Å². The fourth-order valence-corrected chi connectivity index (χ4v) is 1.96. The number of halogens is 1. The van der Waals surface area contributed by atoms with E-state index in [1.54, 1.807) is 12.1 Å². The van der Waals surface area contributed by atoms with Gasteiger partial charge < -0.3 is 5.32 Å². The van der Waals surface area contributed by atoms with Gasteiger partial charge in [-0.2, -0.15) is 0 Å². The average Bonchev–Trinajstić information content (AvgIpc) is 1.99. The highest BCUT2D eigenvalue weighted by Gasteiger charge is 2.20. The van der Waals surface area contributed by atoms with Crippen molar-refractivity contribution in [2.75, 3.05) is 7.05 Å². The molecule has 1 N–H and O–H groups in total. The molecule has 0 radical (unpaired) electrons. The SMILES string of the molecule is CNCc1cc(F)cc(C2CCC2)c1. The van der Waals surface area contributed by atoms with E-state index in [1.807, 2.05) is 7.05 Å². The molecular formula is C12H16FN. The van der Waals surface area contributed by atoms with E-state index in [-0.39, 0.29) is 5.82 Å². The first-order chi connectivity index (χ1) is 6.79. The van der Waals surface area contributed by atoms with Crippen LogP contribution in [0, 0.1) is 5.82 Å². The Hall–Kier alpha value is -0.890. The molecule has 1 aliphatic carbocycles. The van der Waals surface area contributed by atoms with Crippen molar-refractivity contribution in [1.82, 2.24) is 5.32 Å². The molecule has 0 amide bonds. The predicted molar refractivity (Wildman–Crippen MR) is 55.8 cm³/mol. The van der Waals surface area contributed by atoms with Crippen LogP contribution in [0.15, 0.2) is 18.2 Å². The third-order valence-electron chi connectivity index (χ3n) is 2.94. The lowest BCUT2D eigenvalue weighted by atomic mass is 9.79. The summed E-state index contributed by atoms with van der Waals surface area (Å²) in [6, 6.07) is 5.42. The van der Waals surface area contributed by atoms with Crippen LogP contribution in [0.25, 0.3) is 0 Å². The van der Waals surface area contributed by atoms with Crippen molar-refractivity contribution in [2.24, 2.45) is 0 Å². The molecule has 0 bridgehead atoms. The zero-order chi connectivity index (χ0) is 9.97. The zero-order valence-corrected chi connectivity index (χ0v) is 8.52. The highest BCUT2D eigenvalue weighted by atomic mass is 19.1. The van der Waals surface area contributed by atoms with Gasteiger partial charge in [-0.1, -0.05) is 12.5 Å². The molecule has 1 aliphatic rings. The summed E-state index contributed by atoms with van der Waals surface area (Å²) in [5.41, 5.74) is 2.23. The molecule has 1 saturated carbocycles. The summed E-state index contributed by atoms with van der Waals surface area (Å²) in [6.07, 6.45) is 3.74. The number of benzene rings is 1. The highest BCUT2D eigenvalue weighted by Crippen LogP contribution is 2.36. The Balaban J connectivity index is 2.21. The number of hydrogen-bond donors (Lipinski definition) is 1. The van der Waals surface area contributed by atoms with Gasteiger partial charge in [0.1, 0.15) is 5.82 Å². The first-order valence-corrected chi connectivity index (χ1v) is 5.23. The van der Waals surface area contributed by atoms with Gasteiger partial charge in [0.2, 0.25) is 0 Å². The van der Waals surface area contributed by atoms with Gasteiger partial charge in [-0.15, -0.1) is 0 Å². The molecule has 1 fully saturated rings. The standard InChI is InChI=1S/C12H16FN/c1-14-8-9-5-11(7-12(13)6-9)10-3-2-4-10/h5-7,10,14H,2-4,8H2,1H3. The van der Waals surface area contributed by atoms with Gasteiger partial charge in [-0.3, -0.25) is 0 Å². The lowest BCUT2D eigenvalue weighted by Crippen LogP contribution is -2.11. The van der Waals surface area contributed by atoms with Crippen molar-refractivity contribution in [1.29, 1.82) is 0 Å². The normalized spacial score (nSPS) is 16.7. The van der Waals surface area contributed by atoms with E-state index in [9.17, 15) is 4.39 Å². The van der Waals surface area contributed by atoms with Gasteiger partial charge in [-0.25, -0.2) is 4.39 Å². The largest absolute Gasteiger partial charge is 0.316 e. The molecule has 14 heavy (non-hydrogen) atoms. The first kappa shape index (κ1) is 9.66. The molecule has 2 rings (SSSR count). The van der Waals surface area contributed by atoms with Gasteiger partial charge >= 0.3 is 0 Å². The summed E-state index contributed by atoms with van der Waals surface area (Å²) in [6.45, 7) is 0.748. The fourth-order valence-electron chi connectivity index (χ4n) is 1.96. The Kier molecular flexibility index (Phi) is 2.82. The minimum Gasteiger partial charge on any atom is -0.316 e. The van der Waals surface area contributed by atoms with Gasteiger partial charge in [0, 0.05) is 6.54 Å². The van der Waals surface area contributed by atoms with Crippen LogP contribution in [0.1, 0.15) is 36.3 Å². The predicted octanol–water partition coefficient (Wildman–Crippen LogP) is 2.81. The van der Waals surface area contributed by atoms with Crippen LogP contribution in [-0.2, 0) is 6.54 Å². The Morgan fingerprint density at radius 3 is 2.71 bits per heavy atom. The van der Waals surface area contributed by atoms with E-state index in [4.69, 9.17) is 0 Å². The molecular weight excluding hydrogens is 177 g/mol. The van der Waals surface area contributed by atoms with Crippen LogP contribution in [0.2, 0.25) is 0 Å². The van der Waals surface area contributed by atoms with Gasteiger partial charge in [0.15, 0.2) is 0 Å². The van der Waals surface area contributed by atoms with E-state index in [2.05, 4.69) is 11.4 Å². The summed E-state index contributed by atoms with van der Waals surface area (Å²) >= 11 is 0. The third-order valence-corrected chi connectivity index (χ3v) is 2.94. The van der Waals surface area contributed by atoms with E-state index in [0.717, 1.165) is 12.1 Å². The zero-order valence-electron chi connectivity index (χ0n) is 8.52. The van der Waals surface area contributed by atoms with Crippen LogP contribution < -0.4 is 5.32 Å². The van der Waals surface area contributed by atoms with Crippen LogP contribution in [0.4, 0.5) is 4.39 Å². The molecule has 0 saturated heterocycles. The Bertz CT molecular complexity index is 318. The molecule has 76 valence electrons. The maximum absolute atomic E-state index is 13.2. The number of hydrogen-bond acceptors (Lipinski definition) is 1. The smallest absolute Gasteiger partial charge is 0.123 e. The Morgan fingerprint density at radius 1 is 1.36 bits per heavy atom. The summed E-state index contributed by atoms with van der Waals surface area (Å²) in [5.74, 6) is 0.515. The maximum Gasteiger partial charge on any atom is 0.123 e. The van der Waals surface area contributed by atoms with Crippen molar-refractivity contribution >= 4 is 0 Å². The quantitative estimate of drug-likeness (QED) is 0.778. The fraction of sp³-hybridized carbons (Fsp3) is 0.500. The van der Waals surface area contributed by atoms with Crippen LogP contribution in [0.3, 0.4) is 0 Å². The van der Waals surface area contributed by atoms with Crippen LogP contribution in [-0.4, -0.2) is 7.05 Å². The topological polar surface area (TPSA) is 12.0 Å². The second-order valence-electron chi connectivity index (χ2n) is 4.05. The molecule has 0 heterocycles. The highest BCUT2D eigenvalue weighted by molar-refractivity contribution is 5.28. The van der Waals surface area contributed by atoms with Crippen molar-refractivity contribution < 1.29 is 4.39 Å². The summed E-state index contributed by atoms with van der Waals surface area (Å²) in [4.78, 5) is 0. The Morgan fingerprint density at radius 2 is 2.14 bits per heavy atom. The van der Waals surface area contributed by atoms with Gasteiger partial charge in [-0.05, 0) is 49.1 Å². The molecule has 0 spiro atoms. The van der Waals surface area contributed by atoms with E-state index in [0.29, 0.717) is 5.92 Å². The molecule has 0 aromatic heterocycles. The average molecular weight is 193 g/mol. The van der Waals surface area contributed by atoms with E-state index in [1.165, 1.54) is 24.8 Å². The van der Waals surface area contributed by atoms with E-state index < -0.39 is 0 Å². The van der Waals surface area contributed by atoms with Crippen LogP contribution >= 0.6 is 0 Å². The monoisotopic (exact) mass is 193 g/mol. The van der Waals surface area contributed by atoms with Crippen molar-refractivity contribution in [3.63, 3.8) is 0 Å². The van der Waals surface area contributed by atoms with Crippen LogP contribution in [0.5, 0.6) is 0 Å². The lowest BCUT2D eigenvalue weighted by molar-refractivity contribution is 0.417. The van der Waals surface area contributed by atoms with Gasteiger partial charge in [0.05, 0.1) is 0 Å². The second-order valence-corrected chi connectivity index (χ2v) is 4.05. The lowest BCUT2D eigenvalue weighted by Gasteiger charge is -2.26. The maximum atomic E-state index is 13.2. The summed E-state index contributed by atoms with van der Waals surface area (Å²) in [7, 11) is 1.88. The molecule has 0 aliphatic heterocycles. The minimum absolute atomic E-state index is 0.0975. The van der Waals surface area contributed by atoms with Crippen molar-refractivity contribution in [2.45, 2.75) is 31.7 Å². The molecule has 2 heteroatoms. The number of rotatable bonds is 3. The summed E-state index contributed by atoms with van der Waals surface area (Å²) in [5, 5.41) is 3.05. The van der Waals surface area contributed by atoms with Crippen molar-refractivity contribution in [3.05, 3.63) is 35.1 Å². The third kappa shape index (κ3) is 1.95. The molecule has 1 nitrogen and oxygen atoms in total. The Labute approximate surface area is 84.3 Å². The summed E-state index contributed by atoms with van der Waals surface area (Å²) < 4.78 is 13.2. The molecule has 0 unspecified atom stereocenters. The first-order valence-electron chi connectivity index (χ1n) is 5.23. The molecule has 1 aromatic carbocycles. The minimum atomic E-state index is -0.0975. The molecule has 1 aromatic rings. The van der Waals surface area contributed by atoms with E-state index >= 15 is 0 Å². The van der Waals surface area contributed by atoms with Crippen molar-refractivity contribution in [3.8, 4) is 0 Å². The number of nitrogens with one attached hydrogen (secondary N) is 1.